The van der Waals surface area contributed by atoms with Gasteiger partial charge < -0.3 is 14.2 Å². The maximum absolute atomic E-state index is 12.0. The number of rotatable bonds is 6. The molecule has 128 valence electrons. The van der Waals surface area contributed by atoms with E-state index in [2.05, 4.69) is 0 Å². The number of fused-ring (bicyclic) bond motifs is 1. The van der Waals surface area contributed by atoms with Gasteiger partial charge in [-0.25, -0.2) is 4.79 Å². The van der Waals surface area contributed by atoms with E-state index < -0.39 is 5.97 Å². The third kappa shape index (κ3) is 4.26. The van der Waals surface area contributed by atoms with Crippen LogP contribution in [0, 0.1) is 0 Å². The number of hydrogen-bond acceptors (Lipinski definition) is 5. The molecular formula is C20H18O5. The second-order valence-electron chi connectivity index (χ2n) is 5.53. The van der Waals surface area contributed by atoms with Crippen LogP contribution in [0.3, 0.4) is 0 Å². The van der Waals surface area contributed by atoms with Crippen molar-refractivity contribution in [3.05, 3.63) is 65.2 Å². The van der Waals surface area contributed by atoms with Crippen LogP contribution >= 0.6 is 0 Å². The average Bonchev–Trinajstić information content (AvgIpc) is 3.12. The fraction of sp³-hybridized carbons (Fsp3) is 0.200. The molecule has 3 rings (SSSR count). The first kappa shape index (κ1) is 16.8. The van der Waals surface area contributed by atoms with Crippen LogP contribution in [0.15, 0.2) is 48.5 Å². The van der Waals surface area contributed by atoms with Gasteiger partial charge in [0.2, 0.25) is 6.79 Å². The first-order chi connectivity index (χ1) is 12.2. The Bertz CT molecular complexity index is 805. The Morgan fingerprint density at radius 2 is 1.84 bits per heavy atom. The first-order valence-electron chi connectivity index (χ1n) is 8.02. The fourth-order valence-electron chi connectivity index (χ4n) is 2.38. The molecule has 0 N–H and O–H groups in total. The highest BCUT2D eigenvalue weighted by Gasteiger charge is 2.12. The molecule has 0 unspecified atom stereocenters. The van der Waals surface area contributed by atoms with E-state index in [0.717, 1.165) is 17.5 Å². The second kappa shape index (κ2) is 7.66. The van der Waals surface area contributed by atoms with Crippen LogP contribution in [-0.2, 0) is 16.0 Å². The molecule has 2 aromatic rings. The van der Waals surface area contributed by atoms with Crippen molar-refractivity contribution < 1.29 is 23.8 Å². The van der Waals surface area contributed by atoms with Crippen molar-refractivity contribution in [2.75, 3.05) is 13.4 Å². The molecule has 0 saturated carbocycles. The van der Waals surface area contributed by atoms with Crippen molar-refractivity contribution in [1.29, 1.82) is 0 Å². The summed E-state index contributed by atoms with van der Waals surface area (Å²) >= 11 is 0. The molecule has 0 spiro atoms. The summed E-state index contributed by atoms with van der Waals surface area (Å²) in [5, 5.41) is 0. The summed E-state index contributed by atoms with van der Waals surface area (Å²) in [6.07, 6.45) is 3.80. The Labute approximate surface area is 145 Å². The van der Waals surface area contributed by atoms with E-state index in [1.54, 1.807) is 36.4 Å². The molecule has 1 aliphatic heterocycles. The van der Waals surface area contributed by atoms with Gasteiger partial charge in [0, 0.05) is 11.6 Å². The Balaban J connectivity index is 1.52. The highest BCUT2D eigenvalue weighted by molar-refractivity contribution is 5.98. The molecule has 0 atom stereocenters. The molecule has 0 saturated heterocycles. The van der Waals surface area contributed by atoms with Crippen LogP contribution in [0.5, 0.6) is 11.5 Å². The summed E-state index contributed by atoms with van der Waals surface area (Å²) < 4.78 is 15.5. The van der Waals surface area contributed by atoms with Crippen LogP contribution in [0.2, 0.25) is 0 Å². The Morgan fingerprint density at radius 3 is 2.60 bits per heavy atom. The predicted molar refractivity (Wildman–Crippen MR) is 92.7 cm³/mol. The minimum absolute atomic E-state index is 0.200. The van der Waals surface area contributed by atoms with Gasteiger partial charge in [-0.2, -0.15) is 0 Å². The predicted octanol–water partition coefficient (Wildman–Crippen LogP) is 3.42. The molecule has 0 amide bonds. The summed E-state index contributed by atoms with van der Waals surface area (Å²) in [5.74, 6) is 0.518. The van der Waals surface area contributed by atoms with E-state index in [1.165, 1.54) is 6.08 Å². The van der Waals surface area contributed by atoms with Crippen LogP contribution in [0.1, 0.15) is 28.4 Å². The number of carbonyl (C=O) groups excluding carboxylic acids is 2. The van der Waals surface area contributed by atoms with Gasteiger partial charge in [-0.3, -0.25) is 4.79 Å². The van der Waals surface area contributed by atoms with E-state index in [0.29, 0.717) is 17.1 Å². The minimum Gasteiger partial charge on any atom is -0.454 e. The largest absolute Gasteiger partial charge is 0.454 e. The molecule has 1 heterocycles. The lowest BCUT2D eigenvalue weighted by molar-refractivity contribution is -0.136. The zero-order chi connectivity index (χ0) is 17.6. The molecule has 0 aromatic heterocycles. The van der Waals surface area contributed by atoms with E-state index >= 15 is 0 Å². The quantitative estimate of drug-likeness (QED) is 0.459. The Kier molecular flexibility index (Phi) is 5.14. The van der Waals surface area contributed by atoms with Gasteiger partial charge in [0.15, 0.2) is 23.9 Å². The summed E-state index contributed by atoms with van der Waals surface area (Å²) in [5.41, 5.74) is 2.47. The molecule has 5 heteroatoms. The SMILES string of the molecule is CCc1ccc(C(=O)COC(=O)C=Cc2ccc3c(c2)OCO3)cc1. The normalized spacial score (nSPS) is 12.4. The molecule has 0 aliphatic carbocycles. The van der Waals surface area contributed by atoms with Crippen molar-refractivity contribution in [3.63, 3.8) is 0 Å². The summed E-state index contributed by atoms with van der Waals surface area (Å²) in [6, 6.07) is 12.6. The fourth-order valence-corrected chi connectivity index (χ4v) is 2.38. The number of ketones is 1. The maximum Gasteiger partial charge on any atom is 0.331 e. The van der Waals surface area contributed by atoms with Crippen molar-refractivity contribution in [2.24, 2.45) is 0 Å². The van der Waals surface area contributed by atoms with E-state index in [9.17, 15) is 9.59 Å². The lowest BCUT2D eigenvalue weighted by atomic mass is 10.1. The van der Waals surface area contributed by atoms with E-state index in [-0.39, 0.29) is 19.2 Å². The van der Waals surface area contributed by atoms with Crippen LogP contribution in [0.25, 0.3) is 6.08 Å². The van der Waals surface area contributed by atoms with Crippen molar-refractivity contribution >= 4 is 17.8 Å². The molecule has 0 fully saturated rings. The van der Waals surface area contributed by atoms with Crippen LogP contribution < -0.4 is 9.47 Å². The molecule has 1 aliphatic rings. The maximum atomic E-state index is 12.0. The van der Waals surface area contributed by atoms with Crippen molar-refractivity contribution in [1.82, 2.24) is 0 Å². The number of esters is 1. The van der Waals surface area contributed by atoms with Crippen molar-refractivity contribution in [3.8, 4) is 11.5 Å². The number of aryl methyl sites for hydroxylation is 1. The van der Waals surface area contributed by atoms with Gasteiger partial charge in [0.25, 0.3) is 0 Å². The van der Waals surface area contributed by atoms with Crippen molar-refractivity contribution in [2.45, 2.75) is 13.3 Å². The minimum atomic E-state index is -0.573. The molecular weight excluding hydrogens is 320 g/mol. The summed E-state index contributed by atoms with van der Waals surface area (Å²) in [7, 11) is 0. The van der Waals surface area contributed by atoms with Gasteiger partial charge in [-0.15, -0.1) is 0 Å². The van der Waals surface area contributed by atoms with Crippen LogP contribution in [0.4, 0.5) is 0 Å². The monoisotopic (exact) mass is 338 g/mol. The van der Waals surface area contributed by atoms with Gasteiger partial charge >= 0.3 is 5.97 Å². The van der Waals surface area contributed by atoms with Gasteiger partial charge in [0.05, 0.1) is 0 Å². The summed E-state index contributed by atoms with van der Waals surface area (Å²) in [4.78, 5) is 23.8. The zero-order valence-corrected chi connectivity index (χ0v) is 13.9. The smallest absolute Gasteiger partial charge is 0.331 e. The van der Waals surface area contributed by atoms with Gasteiger partial charge in [-0.05, 0) is 35.8 Å². The number of carbonyl (C=O) groups is 2. The summed E-state index contributed by atoms with van der Waals surface area (Å²) in [6.45, 7) is 1.97. The highest BCUT2D eigenvalue weighted by Crippen LogP contribution is 2.32. The molecule has 0 bridgehead atoms. The third-order valence-corrected chi connectivity index (χ3v) is 3.84. The number of ether oxygens (including phenoxy) is 3. The topological polar surface area (TPSA) is 61.8 Å². The molecule has 0 radical (unpaired) electrons. The number of hydrogen-bond donors (Lipinski definition) is 0. The lowest BCUT2D eigenvalue weighted by Crippen LogP contribution is -2.12. The Hall–Kier alpha value is -3.08. The molecule has 25 heavy (non-hydrogen) atoms. The van der Waals surface area contributed by atoms with Crippen LogP contribution in [-0.4, -0.2) is 25.2 Å². The standard InChI is InChI=1S/C20H18O5/c1-2-14-3-7-16(8-4-14)17(21)12-23-20(22)10-6-15-5-9-18-19(11-15)25-13-24-18/h3-11H,2,12-13H2,1H3. The zero-order valence-electron chi connectivity index (χ0n) is 13.9. The number of benzene rings is 2. The van der Waals surface area contributed by atoms with Gasteiger partial charge in [-0.1, -0.05) is 37.3 Å². The van der Waals surface area contributed by atoms with Gasteiger partial charge in [0.1, 0.15) is 0 Å². The van der Waals surface area contributed by atoms with E-state index in [4.69, 9.17) is 14.2 Å². The molecule has 2 aromatic carbocycles. The Morgan fingerprint density at radius 1 is 1.08 bits per heavy atom. The van der Waals surface area contributed by atoms with E-state index in [1.807, 2.05) is 19.1 Å². The molecule has 5 nitrogen and oxygen atoms in total. The number of Topliss-reactive ketones (excluding diaryl/α,β-unsaturated/α-hetero) is 1. The average molecular weight is 338 g/mol. The highest BCUT2D eigenvalue weighted by atomic mass is 16.7. The third-order valence-electron chi connectivity index (χ3n) is 3.84. The first-order valence-corrected chi connectivity index (χ1v) is 8.02. The lowest BCUT2D eigenvalue weighted by Gasteiger charge is -2.03. The second-order valence-corrected chi connectivity index (χ2v) is 5.53.